The smallest absolute Gasteiger partial charge is 0.260 e. The maximum absolute atomic E-state index is 13.5. The maximum Gasteiger partial charge on any atom is 0.260 e. The average molecular weight is 254 g/mol. The average Bonchev–Trinajstić information content (AvgIpc) is 2.35. The van der Waals surface area contributed by atoms with Gasteiger partial charge in [0.25, 0.3) is 5.91 Å². The van der Waals surface area contributed by atoms with Crippen molar-refractivity contribution in [2.24, 2.45) is 5.73 Å². The van der Waals surface area contributed by atoms with Crippen LogP contribution in [0.2, 0.25) is 0 Å². The zero-order chi connectivity index (χ0) is 13.7. The molecule has 0 spiro atoms. The summed E-state index contributed by atoms with van der Waals surface area (Å²) in [5.41, 5.74) is 6.08. The fourth-order valence-electron chi connectivity index (χ4n) is 1.32. The molecule has 18 heavy (non-hydrogen) atoms. The number of rotatable bonds is 5. The Morgan fingerprint density at radius 2 is 2.17 bits per heavy atom. The predicted molar refractivity (Wildman–Crippen MR) is 67.7 cm³/mol. The van der Waals surface area contributed by atoms with Crippen LogP contribution in [-0.2, 0) is 11.3 Å². The third-order valence-electron chi connectivity index (χ3n) is 2.75. The third kappa shape index (κ3) is 3.70. The van der Waals surface area contributed by atoms with Gasteiger partial charge >= 0.3 is 0 Å². The summed E-state index contributed by atoms with van der Waals surface area (Å²) in [6.45, 7) is 3.89. The van der Waals surface area contributed by atoms with E-state index in [1.165, 1.54) is 12.1 Å². The molecule has 2 N–H and O–H groups in total. The molecule has 0 aliphatic rings. The molecule has 0 aliphatic carbocycles. The topological polar surface area (TPSA) is 55.6 Å². The Morgan fingerprint density at radius 1 is 1.50 bits per heavy atom. The van der Waals surface area contributed by atoms with E-state index >= 15 is 0 Å². The van der Waals surface area contributed by atoms with Gasteiger partial charge in [0.1, 0.15) is 0 Å². The number of carbonyl (C=O) groups excluding carboxylic acids is 1. The fourth-order valence-corrected chi connectivity index (χ4v) is 1.32. The fraction of sp³-hybridized carbons (Fsp3) is 0.462. The Labute approximate surface area is 107 Å². The number of benzene rings is 1. The van der Waals surface area contributed by atoms with Crippen molar-refractivity contribution < 1.29 is 13.9 Å². The Bertz CT molecular complexity index is 421. The van der Waals surface area contributed by atoms with Crippen LogP contribution in [0, 0.1) is 5.82 Å². The van der Waals surface area contributed by atoms with Crippen molar-refractivity contribution >= 4 is 5.91 Å². The lowest BCUT2D eigenvalue weighted by Crippen LogP contribution is -2.36. The maximum atomic E-state index is 13.5. The second-order valence-electron chi connectivity index (χ2n) is 4.36. The van der Waals surface area contributed by atoms with E-state index in [1.54, 1.807) is 18.0 Å². The number of hydrogen-bond donors (Lipinski definition) is 1. The van der Waals surface area contributed by atoms with Crippen molar-refractivity contribution in [2.45, 2.75) is 26.4 Å². The molecule has 0 bridgehead atoms. The summed E-state index contributed by atoms with van der Waals surface area (Å²) in [4.78, 5) is 13.2. The first-order valence-electron chi connectivity index (χ1n) is 5.82. The van der Waals surface area contributed by atoms with Gasteiger partial charge in [-0.2, -0.15) is 0 Å². The Hall–Kier alpha value is -1.62. The van der Waals surface area contributed by atoms with E-state index in [-0.39, 0.29) is 30.9 Å². The van der Waals surface area contributed by atoms with E-state index < -0.39 is 5.82 Å². The van der Waals surface area contributed by atoms with Gasteiger partial charge in [0, 0.05) is 19.6 Å². The second kappa shape index (κ2) is 6.35. The summed E-state index contributed by atoms with van der Waals surface area (Å²) in [5, 5.41) is 0. The van der Waals surface area contributed by atoms with Gasteiger partial charge in [-0.1, -0.05) is 6.07 Å². The van der Waals surface area contributed by atoms with Crippen molar-refractivity contribution in [3.05, 3.63) is 29.6 Å². The van der Waals surface area contributed by atoms with Crippen LogP contribution >= 0.6 is 0 Å². The monoisotopic (exact) mass is 254 g/mol. The van der Waals surface area contributed by atoms with Crippen molar-refractivity contribution in [1.29, 1.82) is 0 Å². The standard InChI is InChI=1S/C13H19FN2O2/c1-9(2)16(3)13(17)8-18-12-5-4-10(7-15)6-11(12)14/h4-6,9H,7-8,15H2,1-3H3. The minimum Gasteiger partial charge on any atom is -0.481 e. The number of nitrogens with zero attached hydrogens (tertiary/aromatic N) is 1. The zero-order valence-electron chi connectivity index (χ0n) is 10.9. The highest BCUT2D eigenvalue weighted by molar-refractivity contribution is 5.77. The van der Waals surface area contributed by atoms with Gasteiger partial charge in [-0.25, -0.2) is 4.39 Å². The van der Waals surface area contributed by atoms with Crippen LogP contribution in [0.3, 0.4) is 0 Å². The van der Waals surface area contributed by atoms with Crippen LogP contribution in [0.25, 0.3) is 0 Å². The van der Waals surface area contributed by atoms with E-state index in [2.05, 4.69) is 0 Å². The lowest BCUT2D eigenvalue weighted by atomic mass is 10.2. The van der Waals surface area contributed by atoms with Crippen LogP contribution in [0.5, 0.6) is 5.75 Å². The van der Waals surface area contributed by atoms with Gasteiger partial charge in [-0.3, -0.25) is 4.79 Å². The summed E-state index contributed by atoms with van der Waals surface area (Å²) in [5.74, 6) is -0.622. The Kier molecular flexibility index (Phi) is 5.09. The van der Waals surface area contributed by atoms with Crippen molar-refractivity contribution in [1.82, 2.24) is 4.90 Å². The first-order valence-corrected chi connectivity index (χ1v) is 5.82. The van der Waals surface area contributed by atoms with Gasteiger partial charge in [-0.05, 0) is 31.5 Å². The summed E-state index contributed by atoms with van der Waals surface area (Å²) < 4.78 is 18.7. The third-order valence-corrected chi connectivity index (χ3v) is 2.75. The highest BCUT2D eigenvalue weighted by Crippen LogP contribution is 2.18. The van der Waals surface area contributed by atoms with Gasteiger partial charge in [0.2, 0.25) is 0 Å². The van der Waals surface area contributed by atoms with Crippen LogP contribution < -0.4 is 10.5 Å². The minimum atomic E-state index is -0.502. The molecule has 100 valence electrons. The van der Waals surface area contributed by atoms with E-state index in [9.17, 15) is 9.18 Å². The number of carbonyl (C=O) groups is 1. The van der Waals surface area contributed by atoms with Crippen molar-refractivity contribution in [3.63, 3.8) is 0 Å². The molecule has 1 amide bonds. The summed E-state index contributed by atoms with van der Waals surface area (Å²) in [6, 6.07) is 4.56. The van der Waals surface area contributed by atoms with Crippen LogP contribution in [0.4, 0.5) is 4.39 Å². The van der Waals surface area contributed by atoms with Crippen LogP contribution in [0.1, 0.15) is 19.4 Å². The first-order chi connectivity index (χ1) is 8.45. The number of nitrogens with two attached hydrogens (primary N) is 1. The molecule has 0 unspecified atom stereocenters. The Morgan fingerprint density at radius 3 is 2.67 bits per heavy atom. The lowest BCUT2D eigenvalue weighted by Gasteiger charge is -2.21. The van der Waals surface area contributed by atoms with Crippen molar-refractivity contribution in [3.8, 4) is 5.75 Å². The predicted octanol–water partition coefficient (Wildman–Crippen LogP) is 1.53. The molecular weight excluding hydrogens is 235 g/mol. The molecule has 1 rings (SSSR count). The highest BCUT2D eigenvalue weighted by Gasteiger charge is 2.13. The molecule has 0 heterocycles. The summed E-state index contributed by atoms with van der Waals surface area (Å²) in [6.07, 6.45) is 0. The largest absolute Gasteiger partial charge is 0.481 e. The molecular formula is C13H19FN2O2. The molecule has 1 aromatic carbocycles. The first kappa shape index (κ1) is 14.4. The van der Waals surface area contributed by atoms with Crippen LogP contribution in [0.15, 0.2) is 18.2 Å². The molecule has 0 radical (unpaired) electrons. The Balaban J connectivity index is 2.61. The summed E-state index contributed by atoms with van der Waals surface area (Å²) in [7, 11) is 1.68. The molecule has 0 aliphatic heterocycles. The summed E-state index contributed by atoms with van der Waals surface area (Å²) >= 11 is 0. The van der Waals surface area contributed by atoms with Gasteiger partial charge in [0.05, 0.1) is 0 Å². The van der Waals surface area contributed by atoms with Gasteiger partial charge in [0.15, 0.2) is 18.2 Å². The molecule has 0 atom stereocenters. The second-order valence-corrected chi connectivity index (χ2v) is 4.36. The van der Waals surface area contributed by atoms with Gasteiger partial charge < -0.3 is 15.4 Å². The number of ether oxygens (including phenoxy) is 1. The van der Waals surface area contributed by atoms with E-state index in [0.717, 1.165) is 0 Å². The molecule has 1 aromatic rings. The molecule has 0 saturated carbocycles. The van der Waals surface area contributed by atoms with E-state index in [0.29, 0.717) is 5.56 Å². The molecule has 5 heteroatoms. The number of likely N-dealkylation sites (N-methyl/N-ethyl adjacent to an activating group) is 1. The van der Waals surface area contributed by atoms with E-state index in [1.807, 2.05) is 13.8 Å². The minimum absolute atomic E-state index is 0.0673. The SMILES string of the molecule is CC(C)N(C)C(=O)COc1ccc(CN)cc1F. The molecule has 0 saturated heterocycles. The number of amides is 1. The normalized spacial score (nSPS) is 10.6. The number of hydrogen-bond acceptors (Lipinski definition) is 3. The highest BCUT2D eigenvalue weighted by atomic mass is 19.1. The molecule has 4 nitrogen and oxygen atoms in total. The zero-order valence-corrected chi connectivity index (χ0v) is 10.9. The lowest BCUT2D eigenvalue weighted by molar-refractivity contribution is -0.133. The van der Waals surface area contributed by atoms with Crippen molar-refractivity contribution in [2.75, 3.05) is 13.7 Å². The number of halogens is 1. The van der Waals surface area contributed by atoms with Crippen LogP contribution in [-0.4, -0.2) is 30.5 Å². The molecule has 0 fully saturated rings. The van der Waals surface area contributed by atoms with E-state index in [4.69, 9.17) is 10.5 Å². The molecule has 0 aromatic heterocycles. The van der Waals surface area contributed by atoms with Gasteiger partial charge in [-0.15, -0.1) is 0 Å². The quantitative estimate of drug-likeness (QED) is 0.867.